The van der Waals surface area contributed by atoms with Crippen molar-refractivity contribution >= 4 is 9.84 Å². The molecule has 3 N–H and O–H groups in total. The van der Waals surface area contributed by atoms with Gasteiger partial charge in [0.25, 0.3) is 0 Å². The van der Waals surface area contributed by atoms with Crippen LogP contribution in [-0.4, -0.2) is 29.2 Å². The fourth-order valence-corrected chi connectivity index (χ4v) is 4.40. The summed E-state index contributed by atoms with van der Waals surface area (Å²) < 4.78 is 25.7. The Hall–Kier alpha value is -0.920. The molecule has 2 atom stereocenters. The first-order chi connectivity index (χ1) is 8.04. The van der Waals surface area contributed by atoms with Crippen molar-refractivity contribution in [2.75, 3.05) is 5.75 Å². The third kappa shape index (κ3) is 2.51. The van der Waals surface area contributed by atoms with Crippen LogP contribution in [0.5, 0.6) is 0 Å². The summed E-state index contributed by atoms with van der Waals surface area (Å²) in [5, 5.41) is 3.77. The smallest absolute Gasteiger partial charge is 0.155 e. The SMILES string of the molecule is Cn1ccc(C(NN)C2CCCCS2(=O)=O)n1. The van der Waals surface area contributed by atoms with Crippen molar-refractivity contribution < 1.29 is 8.42 Å². The van der Waals surface area contributed by atoms with Gasteiger partial charge in [0, 0.05) is 13.2 Å². The molecule has 2 unspecified atom stereocenters. The van der Waals surface area contributed by atoms with E-state index < -0.39 is 21.1 Å². The van der Waals surface area contributed by atoms with E-state index in [-0.39, 0.29) is 5.75 Å². The van der Waals surface area contributed by atoms with E-state index in [2.05, 4.69) is 10.5 Å². The monoisotopic (exact) mass is 258 g/mol. The van der Waals surface area contributed by atoms with Gasteiger partial charge in [-0.05, 0) is 18.9 Å². The van der Waals surface area contributed by atoms with E-state index in [1.807, 2.05) is 0 Å². The number of rotatable bonds is 3. The molecular formula is C10H18N4O2S. The van der Waals surface area contributed by atoms with Crippen LogP contribution in [0.1, 0.15) is 31.0 Å². The van der Waals surface area contributed by atoms with Crippen LogP contribution in [0.2, 0.25) is 0 Å². The fraction of sp³-hybridized carbons (Fsp3) is 0.700. The largest absolute Gasteiger partial charge is 0.275 e. The normalized spacial score (nSPS) is 25.6. The van der Waals surface area contributed by atoms with Crippen LogP contribution >= 0.6 is 0 Å². The number of nitrogens with one attached hydrogen (secondary N) is 1. The van der Waals surface area contributed by atoms with Gasteiger partial charge in [-0.15, -0.1) is 0 Å². The molecular weight excluding hydrogens is 240 g/mol. The average molecular weight is 258 g/mol. The molecule has 96 valence electrons. The number of hydrogen-bond acceptors (Lipinski definition) is 5. The first-order valence-corrected chi connectivity index (χ1v) is 7.43. The maximum Gasteiger partial charge on any atom is 0.155 e. The third-order valence-corrected chi connectivity index (χ3v) is 5.52. The molecule has 2 heterocycles. The lowest BCUT2D eigenvalue weighted by molar-refractivity contribution is 0.444. The van der Waals surface area contributed by atoms with Crippen molar-refractivity contribution in [2.24, 2.45) is 12.9 Å². The van der Waals surface area contributed by atoms with Crippen molar-refractivity contribution in [3.05, 3.63) is 18.0 Å². The number of nitrogens with two attached hydrogens (primary N) is 1. The lowest BCUT2D eigenvalue weighted by Crippen LogP contribution is -2.43. The molecule has 1 aliphatic rings. The molecule has 0 spiro atoms. The Morgan fingerprint density at radius 3 is 2.88 bits per heavy atom. The Morgan fingerprint density at radius 1 is 1.59 bits per heavy atom. The summed E-state index contributed by atoms with van der Waals surface area (Å²) in [5.74, 6) is 5.75. The molecule has 2 rings (SSSR count). The highest BCUT2D eigenvalue weighted by atomic mass is 32.2. The van der Waals surface area contributed by atoms with Gasteiger partial charge in [-0.3, -0.25) is 16.0 Å². The average Bonchev–Trinajstić information content (AvgIpc) is 2.68. The van der Waals surface area contributed by atoms with Crippen LogP contribution in [0, 0.1) is 0 Å². The zero-order valence-corrected chi connectivity index (χ0v) is 10.7. The van der Waals surface area contributed by atoms with E-state index in [0.29, 0.717) is 12.1 Å². The summed E-state index contributed by atoms with van der Waals surface area (Å²) in [6.45, 7) is 0. The van der Waals surface area contributed by atoms with Gasteiger partial charge in [0.15, 0.2) is 9.84 Å². The van der Waals surface area contributed by atoms with E-state index in [1.165, 1.54) is 0 Å². The Morgan fingerprint density at radius 2 is 2.35 bits per heavy atom. The molecule has 1 saturated heterocycles. The second kappa shape index (κ2) is 4.75. The second-order valence-electron chi connectivity index (χ2n) is 4.46. The van der Waals surface area contributed by atoms with Crippen LogP contribution < -0.4 is 11.3 Å². The Bertz CT molecular complexity index is 482. The lowest BCUT2D eigenvalue weighted by Gasteiger charge is -2.28. The summed E-state index contributed by atoms with van der Waals surface area (Å²) in [6, 6.07) is 1.38. The van der Waals surface area contributed by atoms with Gasteiger partial charge >= 0.3 is 0 Å². The Labute approximate surface area is 101 Å². The molecule has 0 aliphatic carbocycles. The van der Waals surface area contributed by atoms with Crippen molar-refractivity contribution in [3.63, 3.8) is 0 Å². The molecule has 0 bridgehead atoms. The molecule has 7 heteroatoms. The standard InChI is InChI=1S/C10H18N4O2S/c1-14-6-5-8(13-14)10(12-11)9-4-2-3-7-17(9,15)16/h5-6,9-10,12H,2-4,7,11H2,1H3. The predicted molar refractivity (Wildman–Crippen MR) is 64.7 cm³/mol. The van der Waals surface area contributed by atoms with Crippen molar-refractivity contribution in [1.82, 2.24) is 15.2 Å². The molecule has 0 saturated carbocycles. The predicted octanol–water partition coefficient (Wildman–Crippen LogP) is -0.108. The maximum absolute atomic E-state index is 12.0. The molecule has 0 amide bonds. The highest BCUT2D eigenvalue weighted by Crippen LogP contribution is 2.29. The fourth-order valence-electron chi connectivity index (χ4n) is 2.34. The van der Waals surface area contributed by atoms with Crippen LogP contribution in [0.15, 0.2) is 12.3 Å². The van der Waals surface area contributed by atoms with E-state index in [0.717, 1.165) is 12.8 Å². The molecule has 0 aromatic carbocycles. The zero-order chi connectivity index (χ0) is 12.5. The van der Waals surface area contributed by atoms with Crippen LogP contribution in [0.3, 0.4) is 0 Å². The minimum atomic E-state index is -3.07. The van der Waals surface area contributed by atoms with E-state index >= 15 is 0 Å². The first kappa shape index (κ1) is 12.5. The third-order valence-electron chi connectivity index (χ3n) is 3.23. The van der Waals surface area contributed by atoms with E-state index in [4.69, 9.17) is 5.84 Å². The summed E-state index contributed by atoms with van der Waals surface area (Å²) in [7, 11) is -1.27. The number of hydrazine groups is 1. The summed E-state index contributed by atoms with van der Waals surface area (Å²) in [6.07, 6.45) is 4.11. The van der Waals surface area contributed by atoms with Crippen molar-refractivity contribution in [3.8, 4) is 0 Å². The van der Waals surface area contributed by atoms with Gasteiger partial charge < -0.3 is 0 Å². The zero-order valence-electron chi connectivity index (χ0n) is 9.83. The maximum atomic E-state index is 12.0. The molecule has 6 nitrogen and oxygen atoms in total. The van der Waals surface area contributed by atoms with Crippen LogP contribution in [-0.2, 0) is 16.9 Å². The molecule has 17 heavy (non-hydrogen) atoms. The number of sulfone groups is 1. The van der Waals surface area contributed by atoms with Gasteiger partial charge in [-0.25, -0.2) is 8.42 Å². The lowest BCUT2D eigenvalue weighted by atomic mass is 10.1. The van der Waals surface area contributed by atoms with Gasteiger partial charge in [0.05, 0.1) is 22.7 Å². The highest BCUT2D eigenvalue weighted by Gasteiger charge is 2.36. The highest BCUT2D eigenvalue weighted by molar-refractivity contribution is 7.92. The van der Waals surface area contributed by atoms with E-state index in [9.17, 15) is 8.42 Å². The number of aromatic nitrogens is 2. The molecule has 1 fully saturated rings. The first-order valence-electron chi connectivity index (χ1n) is 5.72. The Kier molecular flexibility index (Phi) is 3.50. The number of nitrogens with zero attached hydrogens (tertiary/aromatic N) is 2. The van der Waals surface area contributed by atoms with Gasteiger partial charge in [0.2, 0.25) is 0 Å². The minimum absolute atomic E-state index is 0.253. The summed E-state index contributed by atoms with van der Waals surface area (Å²) >= 11 is 0. The second-order valence-corrected chi connectivity index (χ2v) is 6.80. The summed E-state index contributed by atoms with van der Waals surface area (Å²) in [5.41, 5.74) is 3.29. The topological polar surface area (TPSA) is 90.0 Å². The number of aryl methyl sites for hydroxylation is 1. The molecule has 1 aliphatic heterocycles. The molecule has 0 radical (unpaired) electrons. The van der Waals surface area contributed by atoms with Gasteiger partial charge in [0.1, 0.15) is 0 Å². The van der Waals surface area contributed by atoms with Gasteiger partial charge in [-0.1, -0.05) is 6.42 Å². The van der Waals surface area contributed by atoms with Crippen LogP contribution in [0.25, 0.3) is 0 Å². The molecule has 1 aromatic rings. The van der Waals surface area contributed by atoms with Crippen molar-refractivity contribution in [1.29, 1.82) is 0 Å². The van der Waals surface area contributed by atoms with E-state index in [1.54, 1.807) is 24.0 Å². The quantitative estimate of drug-likeness (QED) is 0.583. The van der Waals surface area contributed by atoms with Crippen LogP contribution in [0.4, 0.5) is 0 Å². The molecule has 1 aromatic heterocycles. The van der Waals surface area contributed by atoms with Gasteiger partial charge in [-0.2, -0.15) is 5.10 Å². The minimum Gasteiger partial charge on any atom is -0.275 e. The Balaban J connectivity index is 2.29. The van der Waals surface area contributed by atoms with Crippen molar-refractivity contribution in [2.45, 2.75) is 30.6 Å². The summed E-state index contributed by atoms with van der Waals surface area (Å²) in [4.78, 5) is 0. The number of hydrogen-bond donors (Lipinski definition) is 2.